The zero-order valence-corrected chi connectivity index (χ0v) is 9.61. The lowest BCUT2D eigenvalue weighted by Crippen LogP contribution is -2.10. The van der Waals surface area contributed by atoms with Crippen LogP contribution in [0.5, 0.6) is 0 Å². The van der Waals surface area contributed by atoms with Crippen LogP contribution in [-0.2, 0) is 6.54 Å². The van der Waals surface area contributed by atoms with Gasteiger partial charge in [0.25, 0.3) is 0 Å². The molecule has 1 heterocycles. The van der Waals surface area contributed by atoms with E-state index in [4.69, 9.17) is 11.6 Å². The number of ketones is 1. The first kappa shape index (κ1) is 10.9. The molecule has 4 heteroatoms. The highest BCUT2D eigenvalue weighted by Gasteiger charge is 2.07. The van der Waals surface area contributed by atoms with Crippen molar-refractivity contribution in [3.63, 3.8) is 0 Å². The third-order valence-corrected chi connectivity index (χ3v) is 2.44. The number of carbonyl (C=O) groups is 1. The van der Waals surface area contributed by atoms with Crippen molar-refractivity contribution in [2.75, 3.05) is 0 Å². The number of halogens is 1. The van der Waals surface area contributed by atoms with E-state index in [1.807, 2.05) is 25.1 Å². The van der Waals surface area contributed by atoms with E-state index in [0.29, 0.717) is 10.6 Å². The van der Waals surface area contributed by atoms with Crippen molar-refractivity contribution in [3.8, 4) is 0 Å². The first-order valence-electron chi connectivity index (χ1n) is 4.93. The monoisotopic (exact) mass is 234 g/mol. The predicted molar refractivity (Wildman–Crippen MR) is 62.7 cm³/mol. The van der Waals surface area contributed by atoms with Crippen molar-refractivity contribution in [2.24, 2.45) is 0 Å². The quantitative estimate of drug-likeness (QED) is 0.766. The number of carbonyl (C=O) groups excluding carboxylic acids is 1. The van der Waals surface area contributed by atoms with Crippen LogP contribution in [0.3, 0.4) is 0 Å². The Labute approximate surface area is 98.7 Å². The summed E-state index contributed by atoms with van der Waals surface area (Å²) in [5.74, 6) is 0.0310. The summed E-state index contributed by atoms with van der Waals surface area (Å²) in [5.41, 5.74) is 1.77. The molecule has 0 aliphatic rings. The van der Waals surface area contributed by atoms with E-state index in [0.717, 1.165) is 5.56 Å². The standard InChI is InChI=1S/C12H11ClN2O/c1-9-3-2-4-10(5-9)12(16)8-15-7-11(13)6-14-15/h2-7H,8H2,1H3. The summed E-state index contributed by atoms with van der Waals surface area (Å²) in [6, 6.07) is 7.51. The van der Waals surface area contributed by atoms with Gasteiger partial charge < -0.3 is 0 Å². The van der Waals surface area contributed by atoms with E-state index in [1.165, 1.54) is 10.9 Å². The molecule has 0 atom stereocenters. The Morgan fingerprint density at radius 1 is 1.50 bits per heavy atom. The molecular formula is C12H11ClN2O. The number of hydrogen-bond donors (Lipinski definition) is 0. The van der Waals surface area contributed by atoms with Crippen LogP contribution in [0.2, 0.25) is 5.02 Å². The molecule has 0 saturated carbocycles. The molecule has 0 saturated heterocycles. The van der Waals surface area contributed by atoms with Gasteiger partial charge in [-0.05, 0) is 13.0 Å². The average molecular weight is 235 g/mol. The topological polar surface area (TPSA) is 34.9 Å². The third-order valence-electron chi connectivity index (χ3n) is 2.25. The van der Waals surface area contributed by atoms with Gasteiger partial charge in [-0.3, -0.25) is 9.48 Å². The van der Waals surface area contributed by atoms with Crippen LogP contribution >= 0.6 is 11.6 Å². The van der Waals surface area contributed by atoms with Gasteiger partial charge in [0, 0.05) is 11.8 Å². The van der Waals surface area contributed by atoms with E-state index in [9.17, 15) is 4.79 Å². The lowest BCUT2D eigenvalue weighted by molar-refractivity contribution is 0.0967. The molecule has 2 rings (SSSR count). The van der Waals surface area contributed by atoms with E-state index in [1.54, 1.807) is 12.3 Å². The molecule has 0 N–H and O–H groups in total. The molecule has 1 aromatic carbocycles. The van der Waals surface area contributed by atoms with Gasteiger partial charge in [0.15, 0.2) is 5.78 Å². The van der Waals surface area contributed by atoms with Crippen LogP contribution in [-0.4, -0.2) is 15.6 Å². The Balaban J connectivity index is 2.14. The van der Waals surface area contributed by atoms with E-state index < -0.39 is 0 Å². The first-order chi connectivity index (χ1) is 7.65. The summed E-state index contributed by atoms with van der Waals surface area (Å²) < 4.78 is 1.53. The zero-order chi connectivity index (χ0) is 11.5. The fourth-order valence-corrected chi connectivity index (χ4v) is 1.64. The number of hydrogen-bond acceptors (Lipinski definition) is 2. The number of nitrogens with zero attached hydrogens (tertiary/aromatic N) is 2. The summed E-state index contributed by atoms with van der Waals surface area (Å²) in [6.07, 6.45) is 3.15. The van der Waals surface area contributed by atoms with Gasteiger partial charge in [-0.2, -0.15) is 5.10 Å². The lowest BCUT2D eigenvalue weighted by atomic mass is 10.1. The maximum Gasteiger partial charge on any atom is 0.184 e. The zero-order valence-electron chi connectivity index (χ0n) is 8.85. The maximum absolute atomic E-state index is 11.9. The van der Waals surface area contributed by atoms with E-state index in [-0.39, 0.29) is 12.3 Å². The summed E-state index contributed by atoms with van der Waals surface area (Å²) in [7, 11) is 0. The van der Waals surface area contributed by atoms with Crippen LogP contribution in [0.4, 0.5) is 0 Å². The number of aryl methyl sites for hydroxylation is 1. The lowest BCUT2D eigenvalue weighted by Gasteiger charge is -2.02. The molecule has 82 valence electrons. The van der Waals surface area contributed by atoms with Gasteiger partial charge in [-0.25, -0.2) is 0 Å². The number of benzene rings is 1. The minimum atomic E-state index is 0.0310. The van der Waals surface area contributed by atoms with Gasteiger partial charge in [0.05, 0.1) is 11.2 Å². The van der Waals surface area contributed by atoms with Gasteiger partial charge in [0.1, 0.15) is 6.54 Å². The highest BCUT2D eigenvalue weighted by Crippen LogP contribution is 2.08. The molecule has 0 unspecified atom stereocenters. The van der Waals surface area contributed by atoms with Crippen molar-refractivity contribution in [1.29, 1.82) is 0 Å². The van der Waals surface area contributed by atoms with Gasteiger partial charge in [-0.15, -0.1) is 0 Å². The van der Waals surface area contributed by atoms with Crippen LogP contribution in [0, 0.1) is 6.92 Å². The van der Waals surface area contributed by atoms with E-state index in [2.05, 4.69) is 5.10 Å². The van der Waals surface area contributed by atoms with Crippen molar-refractivity contribution in [3.05, 3.63) is 52.8 Å². The Hall–Kier alpha value is -1.61. The number of Topliss-reactive ketones (excluding diaryl/α,β-unsaturated/α-hetero) is 1. The molecule has 0 spiro atoms. The van der Waals surface area contributed by atoms with Crippen molar-refractivity contribution >= 4 is 17.4 Å². The minimum Gasteiger partial charge on any atom is -0.292 e. The van der Waals surface area contributed by atoms with Crippen LogP contribution in [0.1, 0.15) is 15.9 Å². The molecule has 0 bridgehead atoms. The SMILES string of the molecule is Cc1cccc(C(=O)Cn2cc(Cl)cn2)c1. The molecule has 0 amide bonds. The van der Waals surface area contributed by atoms with Crippen molar-refractivity contribution < 1.29 is 4.79 Å². The molecule has 2 aromatic rings. The summed E-state index contributed by atoms with van der Waals surface area (Å²) >= 11 is 5.72. The second kappa shape index (κ2) is 4.49. The van der Waals surface area contributed by atoms with E-state index >= 15 is 0 Å². The predicted octanol–water partition coefficient (Wildman–Crippen LogP) is 2.73. The summed E-state index contributed by atoms with van der Waals surface area (Å²) in [4.78, 5) is 11.9. The molecule has 16 heavy (non-hydrogen) atoms. The maximum atomic E-state index is 11.9. The minimum absolute atomic E-state index is 0.0310. The molecule has 1 aromatic heterocycles. The number of aromatic nitrogens is 2. The fraction of sp³-hybridized carbons (Fsp3) is 0.167. The van der Waals surface area contributed by atoms with Crippen LogP contribution in [0.25, 0.3) is 0 Å². The van der Waals surface area contributed by atoms with Gasteiger partial charge >= 0.3 is 0 Å². The van der Waals surface area contributed by atoms with Crippen molar-refractivity contribution in [1.82, 2.24) is 9.78 Å². The largest absolute Gasteiger partial charge is 0.292 e. The second-order valence-corrected chi connectivity index (χ2v) is 4.09. The van der Waals surface area contributed by atoms with Gasteiger partial charge in [-0.1, -0.05) is 35.4 Å². The first-order valence-corrected chi connectivity index (χ1v) is 5.31. The smallest absolute Gasteiger partial charge is 0.184 e. The van der Waals surface area contributed by atoms with Crippen molar-refractivity contribution in [2.45, 2.75) is 13.5 Å². The normalized spacial score (nSPS) is 10.4. The average Bonchev–Trinajstić information content (AvgIpc) is 2.64. The molecular weight excluding hydrogens is 224 g/mol. The highest BCUT2D eigenvalue weighted by atomic mass is 35.5. The molecule has 0 aliphatic carbocycles. The fourth-order valence-electron chi connectivity index (χ4n) is 1.48. The third kappa shape index (κ3) is 2.49. The molecule has 3 nitrogen and oxygen atoms in total. The van der Waals surface area contributed by atoms with Crippen LogP contribution < -0.4 is 0 Å². The second-order valence-electron chi connectivity index (χ2n) is 3.65. The summed E-state index contributed by atoms with van der Waals surface area (Å²) in [6.45, 7) is 2.18. The Morgan fingerprint density at radius 3 is 2.94 bits per heavy atom. The summed E-state index contributed by atoms with van der Waals surface area (Å²) in [5, 5.41) is 4.51. The Kier molecular flexibility index (Phi) is 3.06. The molecule has 0 aliphatic heterocycles. The van der Waals surface area contributed by atoms with Crippen LogP contribution in [0.15, 0.2) is 36.7 Å². The number of rotatable bonds is 3. The van der Waals surface area contributed by atoms with Gasteiger partial charge in [0.2, 0.25) is 0 Å². The molecule has 0 fully saturated rings. The molecule has 0 radical (unpaired) electrons. The Morgan fingerprint density at radius 2 is 2.31 bits per heavy atom. The Bertz CT molecular complexity index is 519. The highest BCUT2D eigenvalue weighted by molar-refractivity contribution is 6.30.